The van der Waals surface area contributed by atoms with Gasteiger partial charge in [0.15, 0.2) is 0 Å². The van der Waals surface area contributed by atoms with Gasteiger partial charge in [-0.3, -0.25) is 0 Å². The van der Waals surface area contributed by atoms with E-state index in [9.17, 15) is 0 Å². The van der Waals surface area contributed by atoms with Crippen molar-refractivity contribution in [3.8, 4) is 0 Å². The predicted octanol–water partition coefficient (Wildman–Crippen LogP) is 4.54. The molecule has 136 valence electrons. The van der Waals surface area contributed by atoms with Gasteiger partial charge in [-0.1, -0.05) is 0 Å². The fourth-order valence-corrected chi connectivity index (χ4v) is 12.0. The van der Waals surface area contributed by atoms with Gasteiger partial charge in [0.25, 0.3) is 0 Å². The first kappa shape index (κ1) is 18.8. The Morgan fingerprint density at radius 1 is 0.958 bits per heavy atom. The summed E-state index contributed by atoms with van der Waals surface area (Å²) in [5, 5.41) is 1.47. The molecular formula is C20H37GeNOSi. The molecule has 2 saturated heterocycles. The number of likely N-dealkylation sites (tertiary alicyclic amines) is 1. The zero-order valence-electron chi connectivity index (χ0n) is 16.2. The Labute approximate surface area is 152 Å². The Morgan fingerprint density at radius 2 is 1.62 bits per heavy atom. The molecule has 2 aliphatic heterocycles. The Bertz CT molecular complexity index is 510. The van der Waals surface area contributed by atoms with Crippen LogP contribution in [0.2, 0.25) is 35.4 Å². The van der Waals surface area contributed by atoms with Gasteiger partial charge in [0.1, 0.15) is 0 Å². The van der Waals surface area contributed by atoms with Gasteiger partial charge in [-0.2, -0.15) is 0 Å². The number of furan rings is 1. The molecule has 0 atom stereocenters. The van der Waals surface area contributed by atoms with E-state index in [2.05, 4.69) is 34.3 Å². The van der Waals surface area contributed by atoms with Crippen LogP contribution in [0.15, 0.2) is 16.5 Å². The van der Waals surface area contributed by atoms with Gasteiger partial charge in [-0.25, -0.2) is 0 Å². The van der Waals surface area contributed by atoms with E-state index < -0.39 is 21.3 Å². The third-order valence-corrected chi connectivity index (χ3v) is 15.2. The molecule has 1 aromatic heterocycles. The normalized spacial score (nSPS) is 22.6. The van der Waals surface area contributed by atoms with Crippen molar-refractivity contribution in [2.24, 2.45) is 0 Å². The molecule has 0 unspecified atom stereocenters. The summed E-state index contributed by atoms with van der Waals surface area (Å²) in [6, 6.07) is 9.19. The van der Waals surface area contributed by atoms with Crippen LogP contribution >= 0.6 is 0 Å². The second-order valence-corrected chi connectivity index (χ2v) is 24.3. The van der Waals surface area contributed by atoms with E-state index in [1.807, 2.05) is 0 Å². The zero-order valence-corrected chi connectivity index (χ0v) is 19.3. The van der Waals surface area contributed by atoms with Crippen molar-refractivity contribution >= 4 is 31.3 Å². The standard InChI is InChI=1S/C20H37GeNOSi/c1-21(2,3)19-11-12-20(23-19)24(16-8-5-9-17-24)18-10-15-22-13-6-4-7-14-22/h11-12H,4-10,13-18H2,1-3H3. The summed E-state index contributed by atoms with van der Waals surface area (Å²) < 4.78 is 7.94. The van der Waals surface area contributed by atoms with Crippen LogP contribution in [0.25, 0.3) is 0 Å². The summed E-state index contributed by atoms with van der Waals surface area (Å²) in [7, 11) is -1.36. The molecule has 2 aliphatic rings. The average molecular weight is 408 g/mol. The fourth-order valence-electron chi connectivity index (χ4n) is 4.70. The molecule has 3 heterocycles. The third kappa shape index (κ3) is 4.58. The van der Waals surface area contributed by atoms with Crippen molar-refractivity contribution in [2.45, 2.75) is 80.3 Å². The molecule has 1 aromatic rings. The van der Waals surface area contributed by atoms with Crippen LogP contribution in [0.5, 0.6) is 0 Å². The van der Waals surface area contributed by atoms with Crippen LogP contribution in [0, 0.1) is 0 Å². The zero-order chi connectivity index (χ0) is 17.0. The Morgan fingerprint density at radius 3 is 2.25 bits per heavy atom. The first-order chi connectivity index (χ1) is 11.5. The number of hydrogen-bond donors (Lipinski definition) is 0. The molecule has 0 aliphatic carbocycles. The van der Waals surface area contributed by atoms with E-state index in [-0.39, 0.29) is 0 Å². The van der Waals surface area contributed by atoms with Crippen LogP contribution in [0.3, 0.4) is 0 Å². The summed E-state index contributed by atoms with van der Waals surface area (Å²) in [5.74, 6) is 7.36. The second-order valence-electron chi connectivity index (χ2n) is 9.26. The minimum atomic E-state index is -1.83. The third-order valence-electron chi connectivity index (χ3n) is 6.26. The van der Waals surface area contributed by atoms with Crippen LogP contribution < -0.4 is 9.98 Å². The monoisotopic (exact) mass is 409 g/mol. The predicted molar refractivity (Wildman–Crippen MR) is 110 cm³/mol. The maximum absolute atomic E-state index is 6.56. The molecule has 24 heavy (non-hydrogen) atoms. The number of nitrogens with zero attached hydrogens (tertiary/aromatic N) is 1. The Balaban J connectivity index is 1.66. The van der Waals surface area contributed by atoms with E-state index in [1.165, 1.54) is 92.7 Å². The van der Waals surface area contributed by atoms with Crippen LogP contribution in [0.1, 0.15) is 44.9 Å². The molecular weight excluding hydrogens is 371 g/mol. The van der Waals surface area contributed by atoms with Crippen molar-refractivity contribution in [3.05, 3.63) is 12.1 Å². The van der Waals surface area contributed by atoms with Gasteiger partial charge in [-0.15, -0.1) is 0 Å². The topological polar surface area (TPSA) is 16.4 Å². The van der Waals surface area contributed by atoms with E-state index in [0.29, 0.717) is 0 Å². The SMILES string of the molecule is [CH3][Ge]([CH3])([CH3])[c]1ccc([Si]2(CCCN3CCCCC3)CCCCC2)o1. The van der Waals surface area contributed by atoms with Crippen molar-refractivity contribution < 1.29 is 4.42 Å². The van der Waals surface area contributed by atoms with Crippen LogP contribution in [-0.4, -0.2) is 45.9 Å². The van der Waals surface area contributed by atoms with Gasteiger partial charge in [0.2, 0.25) is 0 Å². The van der Waals surface area contributed by atoms with Gasteiger partial charge < -0.3 is 0 Å². The molecule has 2 nitrogen and oxygen atoms in total. The molecule has 2 fully saturated rings. The maximum atomic E-state index is 6.56. The Hall–Kier alpha value is -0.000260. The van der Waals surface area contributed by atoms with Gasteiger partial charge in [0, 0.05) is 0 Å². The van der Waals surface area contributed by atoms with E-state index in [0.717, 1.165) is 0 Å². The molecule has 3 rings (SSSR count). The molecule has 0 bridgehead atoms. The van der Waals surface area contributed by atoms with Gasteiger partial charge in [0.05, 0.1) is 0 Å². The molecule has 0 radical (unpaired) electrons. The van der Waals surface area contributed by atoms with Crippen molar-refractivity contribution in [2.75, 3.05) is 19.6 Å². The summed E-state index contributed by atoms with van der Waals surface area (Å²) in [5.41, 5.74) is 0. The van der Waals surface area contributed by atoms with Crippen molar-refractivity contribution in [1.82, 2.24) is 4.90 Å². The van der Waals surface area contributed by atoms with E-state index >= 15 is 0 Å². The summed E-state index contributed by atoms with van der Waals surface area (Å²) >= 11 is -1.83. The minimum absolute atomic E-state index is 1.33. The van der Waals surface area contributed by atoms with Crippen molar-refractivity contribution in [1.29, 1.82) is 0 Å². The van der Waals surface area contributed by atoms with E-state index in [1.54, 1.807) is 0 Å². The number of rotatable bonds is 6. The summed E-state index contributed by atoms with van der Waals surface area (Å²) in [4.78, 5) is 2.71. The number of hydrogen-bond acceptors (Lipinski definition) is 2. The van der Waals surface area contributed by atoms with Crippen LogP contribution in [0.4, 0.5) is 0 Å². The number of piperidine rings is 1. The molecule has 4 heteroatoms. The first-order valence-corrected chi connectivity index (χ1v) is 20.3. The summed E-state index contributed by atoms with van der Waals surface area (Å²) in [6.07, 6.45) is 10.0. The second kappa shape index (κ2) is 8.13. The molecule has 0 saturated carbocycles. The Kier molecular flexibility index (Phi) is 6.36. The molecule has 0 spiro atoms. The average Bonchev–Trinajstić information content (AvgIpc) is 3.08. The van der Waals surface area contributed by atoms with Crippen molar-refractivity contribution in [3.63, 3.8) is 0 Å². The summed E-state index contributed by atoms with van der Waals surface area (Å²) in [6.45, 7) is 4.02. The van der Waals surface area contributed by atoms with Crippen LogP contribution in [-0.2, 0) is 0 Å². The van der Waals surface area contributed by atoms with E-state index in [4.69, 9.17) is 4.42 Å². The molecule has 0 aromatic carbocycles. The van der Waals surface area contributed by atoms with Gasteiger partial charge >= 0.3 is 153 Å². The fraction of sp³-hybridized carbons (Fsp3) is 0.800. The quantitative estimate of drug-likeness (QED) is 0.643. The molecule has 0 amide bonds. The molecule has 0 N–H and O–H groups in total. The van der Waals surface area contributed by atoms with Gasteiger partial charge in [-0.05, 0) is 0 Å². The first-order valence-electron chi connectivity index (χ1n) is 10.3.